The highest BCUT2D eigenvalue weighted by Gasteiger charge is 2.24. The van der Waals surface area contributed by atoms with Crippen LogP contribution in [0.1, 0.15) is 58.8 Å². The number of nitrogens with zero attached hydrogens (tertiary/aromatic N) is 1. The average molecular weight is 227 g/mol. The molecule has 0 spiro atoms. The Morgan fingerprint density at radius 2 is 2.00 bits per heavy atom. The molecule has 0 bridgehead atoms. The maximum absolute atomic E-state index is 9.51. The lowest BCUT2D eigenvalue weighted by molar-refractivity contribution is 0.120. The molecular weight excluding hydrogens is 198 g/mol. The zero-order chi connectivity index (χ0) is 12.0. The lowest BCUT2D eigenvalue weighted by Crippen LogP contribution is -2.39. The summed E-state index contributed by atoms with van der Waals surface area (Å²) in [7, 11) is 2.25. The predicted octanol–water partition coefficient (Wildman–Crippen LogP) is 3.05. The summed E-state index contributed by atoms with van der Waals surface area (Å²) in [5.41, 5.74) is 0. The maximum atomic E-state index is 9.51. The molecule has 2 heteroatoms. The van der Waals surface area contributed by atoms with Crippen molar-refractivity contribution in [3.8, 4) is 0 Å². The van der Waals surface area contributed by atoms with E-state index in [0.29, 0.717) is 0 Å². The SMILES string of the molecule is CCC(O)CCCN(C)C1CCCCC1C. The second-order valence-corrected chi connectivity index (χ2v) is 5.51. The van der Waals surface area contributed by atoms with Gasteiger partial charge >= 0.3 is 0 Å². The Hall–Kier alpha value is -0.0800. The third-order valence-corrected chi connectivity index (χ3v) is 4.15. The van der Waals surface area contributed by atoms with Crippen LogP contribution in [-0.4, -0.2) is 35.7 Å². The van der Waals surface area contributed by atoms with Gasteiger partial charge in [0.05, 0.1) is 6.10 Å². The molecule has 3 unspecified atom stereocenters. The van der Waals surface area contributed by atoms with Crippen LogP contribution in [0.15, 0.2) is 0 Å². The number of rotatable bonds is 6. The summed E-state index contributed by atoms with van der Waals surface area (Å²) in [6.07, 6.45) is 8.48. The summed E-state index contributed by atoms with van der Waals surface area (Å²) in [5.74, 6) is 0.856. The van der Waals surface area contributed by atoms with Crippen molar-refractivity contribution >= 4 is 0 Å². The Bertz CT molecular complexity index is 184. The fourth-order valence-corrected chi connectivity index (χ4v) is 2.90. The van der Waals surface area contributed by atoms with Gasteiger partial charge in [-0.25, -0.2) is 0 Å². The average Bonchev–Trinajstić information content (AvgIpc) is 2.29. The third-order valence-electron chi connectivity index (χ3n) is 4.15. The number of hydrogen-bond acceptors (Lipinski definition) is 2. The van der Waals surface area contributed by atoms with Gasteiger partial charge in [-0.05, 0) is 51.6 Å². The molecule has 0 radical (unpaired) electrons. The molecule has 3 atom stereocenters. The van der Waals surface area contributed by atoms with Crippen LogP contribution in [0.3, 0.4) is 0 Å². The van der Waals surface area contributed by atoms with Crippen LogP contribution in [-0.2, 0) is 0 Å². The minimum absolute atomic E-state index is 0.0859. The van der Waals surface area contributed by atoms with Crippen LogP contribution >= 0.6 is 0 Å². The topological polar surface area (TPSA) is 23.5 Å². The van der Waals surface area contributed by atoms with Crippen LogP contribution in [0.2, 0.25) is 0 Å². The van der Waals surface area contributed by atoms with Crippen LogP contribution in [0.5, 0.6) is 0 Å². The van der Waals surface area contributed by atoms with Gasteiger partial charge in [0.2, 0.25) is 0 Å². The molecule has 1 fully saturated rings. The molecule has 2 nitrogen and oxygen atoms in total. The Labute approximate surface area is 101 Å². The Morgan fingerprint density at radius 3 is 2.62 bits per heavy atom. The number of aliphatic hydroxyl groups is 1. The molecule has 96 valence electrons. The van der Waals surface area contributed by atoms with Gasteiger partial charge in [0.15, 0.2) is 0 Å². The molecule has 1 N–H and O–H groups in total. The van der Waals surface area contributed by atoms with Crippen molar-refractivity contribution in [2.24, 2.45) is 5.92 Å². The van der Waals surface area contributed by atoms with Gasteiger partial charge in [0.1, 0.15) is 0 Å². The van der Waals surface area contributed by atoms with E-state index in [-0.39, 0.29) is 6.10 Å². The van der Waals surface area contributed by atoms with Gasteiger partial charge < -0.3 is 10.0 Å². The largest absolute Gasteiger partial charge is 0.393 e. The van der Waals surface area contributed by atoms with Crippen LogP contribution in [0, 0.1) is 5.92 Å². The molecule has 1 aliphatic rings. The molecule has 1 saturated carbocycles. The maximum Gasteiger partial charge on any atom is 0.0538 e. The van der Waals surface area contributed by atoms with E-state index in [2.05, 4.69) is 25.8 Å². The van der Waals surface area contributed by atoms with Gasteiger partial charge in [0.25, 0.3) is 0 Å². The van der Waals surface area contributed by atoms with Crippen molar-refractivity contribution < 1.29 is 5.11 Å². The summed E-state index contributed by atoms with van der Waals surface area (Å²) in [5, 5.41) is 9.51. The van der Waals surface area contributed by atoms with Gasteiger partial charge in [-0.15, -0.1) is 0 Å². The van der Waals surface area contributed by atoms with Crippen molar-refractivity contribution in [1.29, 1.82) is 0 Å². The monoisotopic (exact) mass is 227 g/mol. The zero-order valence-electron chi connectivity index (χ0n) is 11.3. The molecule has 0 aromatic rings. The Kier molecular flexibility index (Phi) is 6.37. The van der Waals surface area contributed by atoms with E-state index in [4.69, 9.17) is 0 Å². The molecule has 1 aliphatic carbocycles. The van der Waals surface area contributed by atoms with Crippen molar-refractivity contribution in [3.05, 3.63) is 0 Å². The van der Waals surface area contributed by atoms with Crippen molar-refractivity contribution in [2.75, 3.05) is 13.6 Å². The number of aliphatic hydroxyl groups excluding tert-OH is 1. The van der Waals surface area contributed by atoms with Crippen LogP contribution in [0.25, 0.3) is 0 Å². The smallest absolute Gasteiger partial charge is 0.0538 e. The first-order chi connectivity index (χ1) is 7.65. The molecule has 0 amide bonds. The Morgan fingerprint density at radius 1 is 1.31 bits per heavy atom. The fraction of sp³-hybridized carbons (Fsp3) is 1.00. The minimum atomic E-state index is -0.0859. The van der Waals surface area contributed by atoms with E-state index in [1.807, 2.05) is 0 Å². The van der Waals surface area contributed by atoms with Gasteiger partial charge in [-0.3, -0.25) is 0 Å². The highest BCUT2D eigenvalue weighted by Crippen LogP contribution is 2.27. The summed E-state index contributed by atoms with van der Waals surface area (Å²) < 4.78 is 0. The van der Waals surface area contributed by atoms with E-state index in [0.717, 1.165) is 37.8 Å². The predicted molar refractivity (Wildman–Crippen MR) is 69.6 cm³/mol. The summed E-state index contributed by atoms with van der Waals surface area (Å²) in [6, 6.07) is 0.785. The van der Waals surface area contributed by atoms with Gasteiger partial charge in [-0.2, -0.15) is 0 Å². The normalized spacial score (nSPS) is 28.3. The molecule has 1 rings (SSSR count). The molecule has 16 heavy (non-hydrogen) atoms. The van der Waals surface area contributed by atoms with Crippen LogP contribution < -0.4 is 0 Å². The Balaban J connectivity index is 2.20. The zero-order valence-corrected chi connectivity index (χ0v) is 11.3. The lowest BCUT2D eigenvalue weighted by Gasteiger charge is -2.36. The van der Waals surface area contributed by atoms with E-state index in [1.54, 1.807) is 0 Å². The molecular formula is C14H29NO. The molecule has 0 heterocycles. The van der Waals surface area contributed by atoms with E-state index >= 15 is 0 Å². The third kappa shape index (κ3) is 4.42. The van der Waals surface area contributed by atoms with Gasteiger partial charge in [-0.1, -0.05) is 26.7 Å². The first-order valence-corrected chi connectivity index (χ1v) is 7.03. The highest BCUT2D eigenvalue weighted by atomic mass is 16.3. The molecule has 0 saturated heterocycles. The molecule has 0 aliphatic heterocycles. The first kappa shape index (κ1) is 14.0. The van der Waals surface area contributed by atoms with E-state index in [9.17, 15) is 5.11 Å². The second-order valence-electron chi connectivity index (χ2n) is 5.51. The standard InChI is InChI=1S/C14H29NO/c1-4-13(16)9-7-11-15(3)14-10-6-5-8-12(14)2/h12-14,16H,4-11H2,1-3H3. The minimum Gasteiger partial charge on any atom is -0.393 e. The summed E-state index contributed by atoms with van der Waals surface area (Å²) in [4.78, 5) is 2.52. The van der Waals surface area contributed by atoms with E-state index in [1.165, 1.54) is 25.7 Å². The number of hydrogen-bond donors (Lipinski definition) is 1. The van der Waals surface area contributed by atoms with Crippen molar-refractivity contribution in [1.82, 2.24) is 4.90 Å². The van der Waals surface area contributed by atoms with Crippen molar-refractivity contribution in [3.63, 3.8) is 0 Å². The quantitative estimate of drug-likeness (QED) is 0.754. The molecule has 0 aromatic carbocycles. The van der Waals surface area contributed by atoms with Crippen LogP contribution in [0.4, 0.5) is 0 Å². The second kappa shape index (κ2) is 7.29. The summed E-state index contributed by atoms with van der Waals surface area (Å²) >= 11 is 0. The summed E-state index contributed by atoms with van der Waals surface area (Å²) in [6.45, 7) is 5.59. The first-order valence-electron chi connectivity index (χ1n) is 7.03. The van der Waals surface area contributed by atoms with Gasteiger partial charge in [0, 0.05) is 6.04 Å². The molecule has 0 aromatic heterocycles. The van der Waals surface area contributed by atoms with E-state index < -0.39 is 0 Å². The van der Waals surface area contributed by atoms with Crippen molar-refractivity contribution in [2.45, 2.75) is 70.9 Å². The fourth-order valence-electron chi connectivity index (χ4n) is 2.90. The highest BCUT2D eigenvalue weighted by molar-refractivity contribution is 4.79. The lowest BCUT2D eigenvalue weighted by atomic mass is 9.85.